The maximum absolute atomic E-state index is 12.0. The number of urea groups is 1. The fourth-order valence-electron chi connectivity index (χ4n) is 1.75. The minimum absolute atomic E-state index is 0.194. The van der Waals surface area contributed by atoms with Crippen molar-refractivity contribution < 1.29 is 14.7 Å². The second kappa shape index (κ2) is 6.90. The average Bonchev–Trinajstić information content (AvgIpc) is 2.98. The number of benzene rings is 1. The lowest BCUT2D eigenvalue weighted by atomic mass is 10.2. The van der Waals surface area contributed by atoms with E-state index in [9.17, 15) is 9.59 Å². The maximum atomic E-state index is 12.0. The number of carbonyl (C=O) groups is 2. The number of anilines is 1. The van der Waals surface area contributed by atoms with Crippen molar-refractivity contribution in [2.45, 2.75) is 6.42 Å². The zero-order valence-electron chi connectivity index (χ0n) is 11.6. The largest absolute Gasteiger partial charge is 0.478 e. The van der Waals surface area contributed by atoms with Gasteiger partial charge in [-0.25, -0.2) is 9.59 Å². The van der Waals surface area contributed by atoms with Crippen molar-refractivity contribution in [1.29, 1.82) is 0 Å². The van der Waals surface area contributed by atoms with Crippen LogP contribution >= 0.6 is 11.3 Å². The molecule has 0 saturated heterocycles. The molecule has 2 rings (SSSR count). The van der Waals surface area contributed by atoms with Crippen LogP contribution in [-0.4, -0.2) is 35.6 Å². The fraction of sp³-hybridized carbons (Fsp3) is 0.200. The Hall–Kier alpha value is -2.34. The van der Waals surface area contributed by atoms with E-state index < -0.39 is 5.97 Å². The van der Waals surface area contributed by atoms with Crippen LogP contribution in [0.1, 0.15) is 15.2 Å². The van der Waals surface area contributed by atoms with Gasteiger partial charge in [0.05, 0.1) is 5.56 Å². The number of nitrogens with zero attached hydrogens (tertiary/aromatic N) is 1. The van der Waals surface area contributed by atoms with Crippen molar-refractivity contribution in [2.75, 3.05) is 18.9 Å². The van der Waals surface area contributed by atoms with Gasteiger partial charge in [0, 0.05) is 24.2 Å². The van der Waals surface area contributed by atoms with Crippen LogP contribution in [0.3, 0.4) is 0 Å². The Morgan fingerprint density at radius 2 is 1.95 bits per heavy atom. The molecule has 21 heavy (non-hydrogen) atoms. The lowest BCUT2D eigenvalue weighted by Crippen LogP contribution is -2.32. The Kier molecular flexibility index (Phi) is 4.94. The van der Waals surface area contributed by atoms with Crippen molar-refractivity contribution in [3.8, 4) is 0 Å². The van der Waals surface area contributed by atoms with Crippen LogP contribution in [0.15, 0.2) is 41.8 Å². The quantitative estimate of drug-likeness (QED) is 0.891. The number of rotatable bonds is 5. The standard InChI is InChI=1S/C15H16N2O3S/c1-17(9-8-13-3-2-10-21-13)15(20)16-12-6-4-11(5-7-12)14(18)19/h2-7,10H,8-9H2,1H3,(H,16,20)(H,18,19). The van der Waals surface area contributed by atoms with Gasteiger partial charge in [0.25, 0.3) is 0 Å². The molecule has 6 heteroatoms. The number of aromatic carboxylic acids is 1. The molecule has 0 aliphatic rings. The molecule has 2 amide bonds. The zero-order valence-corrected chi connectivity index (χ0v) is 12.4. The van der Waals surface area contributed by atoms with Gasteiger partial charge < -0.3 is 15.3 Å². The molecular weight excluding hydrogens is 288 g/mol. The van der Waals surface area contributed by atoms with E-state index in [0.717, 1.165) is 6.42 Å². The van der Waals surface area contributed by atoms with Gasteiger partial charge in [-0.15, -0.1) is 11.3 Å². The first-order chi connectivity index (χ1) is 10.1. The molecule has 0 bridgehead atoms. The molecule has 0 atom stereocenters. The van der Waals surface area contributed by atoms with E-state index in [2.05, 4.69) is 5.32 Å². The molecule has 0 unspecified atom stereocenters. The van der Waals surface area contributed by atoms with Crippen LogP contribution in [0.2, 0.25) is 0 Å². The molecule has 0 spiro atoms. The fourth-order valence-corrected chi connectivity index (χ4v) is 2.45. The van der Waals surface area contributed by atoms with Crippen molar-refractivity contribution in [3.05, 3.63) is 52.2 Å². The molecule has 1 aromatic heterocycles. The first kappa shape index (κ1) is 15.1. The summed E-state index contributed by atoms with van der Waals surface area (Å²) < 4.78 is 0. The highest BCUT2D eigenvalue weighted by Gasteiger charge is 2.09. The van der Waals surface area contributed by atoms with Crippen molar-refractivity contribution in [2.24, 2.45) is 0 Å². The molecule has 0 fully saturated rings. The number of likely N-dealkylation sites (N-methyl/N-ethyl adjacent to an activating group) is 1. The molecule has 0 radical (unpaired) electrons. The van der Waals surface area contributed by atoms with E-state index in [1.165, 1.54) is 17.0 Å². The summed E-state index contributed by atoms with van der Waals surface area (Å²) in [6, 6.07) is 9.90. The predicted molar refractivity (Wildman–Crippen MR) is 83.1 cm³/mol. The van der Waals surface area contributed by atoms with Crippen LogP contribution in [0.4, 0.5) is 10.5 Å². The van der Waals surface area contributed by atoms with E-state index in [0.29, 0.717) is 12.2 Å². The first-order valence-corrected chi connectivity index (χ1v) is 7.32. The van der Waals surface area contributed by atoms with Gasteiger partial charge in [0.1, 0.15) is 0 Å². The first-order valence-electron chi connectivity index (χ1n) is 6.44. The maximum Gasteiger partial charge on any atom is 0.335 e. The number of hydrogen-bond acceptors (Lipinski definition) is 3. The molecule has 0 saturated carbocycles. The Balaban J connectivity index is 1.86. The van der Waals surface area contributed by atoms with Crippen LogP contribution < -0.4 is 5.32 Å². The van der Waals surface area contributed by atoms with Gasteiger partial charge in [-0.3, -0.25) is 0 Å². The minimum atomic E-state index is -0.985. The van der Waals surface area contributed by atoms with E-state index in [4.69, 9.17) is 5.11 Å². The highest BCUT2D eigenvalue weighted by atomic mass is 32.1. The van der Waals surface area contributed by atoms with Crippen LogP contribution in [0.5, 0.6) is 0 Å². The van der Waals surface area contributed by atoms with E-state index in [1.807, 2.05) is 17.5 Å². The average molecular weight is 304 g/mol. The summed E-state index contributed by atoms with van der Waals surface area (Å²) in [6.07, 6.45) is 0.819. The molecule has 1 aromatic carbocycles. The smallest absolute Gasteiger partial charge is 0.335 e. The van der Waals surface area contributed by atoms with Gasteiger partial charge in [-0.1, -0.05) is 6.07 Å². The normalized spacial score (nSPS) is 10.1. The predicted octanol–water partition coefficient (Wildman–Crippen LogP) is 3.15. The Labute approximate surface area is 126 Å². The SMILES string of the molecule is CN(CCc1cccs1)C(=O)Nc1ccc(C(=O)O)cc1. The van der Waals surface area contributed by atoms with E-state index >= 15 is 0 Å². The molecule has 110 valence electrons. The number of carbonyl (C=O) groups excluding carboxylic acids is 1. The number of hydrogen-bond donors (Lipinski definition) is 2. The second-order valence-corrected chi connectivity index (χ2v) is 5.60. The molecule has 2 N–H and O–H groups in total. The molecule has 1 heterocycles. The van der Waals surface area contributed by atoms with Crippen LogP contribution in [0, 0.1) is 0 Å². The molecular formula is C15H16N2O3S. The molecule has 0 aliphatic carbocycles. The lowest BCUT2D eigenvalue weighted by Gasteiger charge is -2.17. The third-order valence-corrected chi connectivity index (χ3v) is 3.94. The summed E-state index contributed by atoms with van der Waals surface area (Å²) >= 11 is 1.67. The second-order valence-electron chi connectivity index (χ2n) is 4.56. The van der Waals surface area contributed by atoms with Gasteiger partial charge in [-0.2, -0.15) is 0 Å². The monoisotopic (exact) mass is 304 g/mol. The van der Waals surface area contributed by atoms with Crippen molar-refractivity contribution >= 4 is 29.0 Å². The van der Waals surface area contributed by atoms with Crippen molar-refractivity contribution in [3.63, 3.8) is 0 Å². The summed E-state index contributed by atoms with van der Waals surface area (Å²) in [7, 11) is 1.73. The number of nitrogens with one attached hydrogen (secondary N) is 1. The van der Waals surface area contributed by atoms with Gasteiger partial charge in [0.15, 0.2) is 0 Å². The summed E-state index contributed by atoms with van der Waals surface area (Å²) in [5.41, 5.74) is 0.770. The Morgan fingerprint density at radius 1 is 1.24 bits per heavy atom. The van der Waals surface area contributed by atoms with Crippen molar-refractivity contribution in [1.82, 2.24) is 4.90 Å². The van der Waals surface area contributed by atoms with Gasteiger partial charge >= 0.3 is 12.0 Å². The topological polar surface area (TPSA) is 69.6 Å². The number of amides is 2. The number of thiophene rings is 1. The molecule has 2 aromatic rings. The Bertz CT molecular complexity index is 608. The summed E-state index contributed by atoms with van der Waals surface area (Å²) in [5.74, 6) is -0.985. The molecule has 0 aliphatic heterocycles. The lowest BCUT2D eigenvalue weighted by molar-refractivity contribution is 0.0697. The van der Waals surface area contributed by atoms with E-state index in [1.54, 1.807) is 35.4 Å². The number of carboxylic acids is 1. The Morgan fingerprint density at radius 3 is 2.52 bits per heavy atom. The highest BCUT2D eigenvalue weighted by molar-refractivity contribution is 7.09. The molecule has 5 nitrogen and oxygen atoms in total. The van der Waals surface area contributed by atoms with Gasteiger partial charge in [-0.05, 0) is 42.1 Å². The third-order valence-electron chi connectivity index (χ3n) is 3.00. The number of carboxylic acid groups (broad SMARTS) is 1. The highest BCUT2D eigenvalue weighted by Crippen LogP contribution is 2.12. The van der Waals surface area contributed by atoms with Gasteiger partial charge in [0.2, 0.25) is 0 Å². The van der Waals surface area contributed by atoms with Crippen LogP contribution in [-0.2, 0) is 6.42 Å². The van der Waals surface area contributed by atoms with E-state index in [-0.39, 0.29) is 11.6 Å². The van der Waals surface area contributed by atoms with Crippen LogP contribution in [0.25, 0.3) is 0 Å². The summed E-state index contributed by atoms with van der Waals surface area (Å²) in [5, 5.41) is 13.6. The minimum Gasteiger partial charge on any atom is -0.478 e. The summed E-state index contributed by atoms with van der Waals surface area (Å²) in [6.45, 7) is 0.625. The summed E-state index contributed by atoms with van der Waals surface area (Å²) in [4.78, 5) is 25.6. The third kappa shape index (κ3) is 4.32. The zero-order chi connectivity index (χ0) is 15.2.